The first-order valence-corrected chi connectivity index (χ1v) is 7.11. The number of hydrogen-bond donors (Lipinski definition) is 1. The van der Waals surface area contributed by atoms with E-state index in [2.05, 4.69) is 10.5 Å². The molecule has 0 fully saturated rings. The van der Waals surface area contributed by atoms with Crippen molar-refractivity contribution in [2.24, 2.45) is 5.10 Å². The normalized spacial score (nSPS) is 10.6. The van der Waals surface area contributed by atoms with Crippen LogP contribution in [0.1, 0.15) is 32.7 Å². The third-order valence-corrected chi connectivity index (χ3v) is 3.27. The predicted octanol–water partition coefficient (Wildman–Crippen LogP) is 3.64. The maximum atomic E-state index is 11.9. The number of aryl methyl sites for hydroxylation is 1. The number of ketones is 1. The van der Waals surface area contributed by atoms with Crippen LogP contribution in [0.4, 0.5) is 0 Å². The topological polar surface area (TPSA) is 58.5 Å². The highest BCUT2D eigenvalue weighted by Crippen LogP contribution is 2.09. The van der Waals surface area contributed by atoms with Crippen LogP contribution < -0.4 is 5.43 Å². The Morgan fingerprint density at radius 1 is 1.05 bits per heavy atom. The van der Waals surface area contributed by atoms with Crippen LogP contribution in [0.2, 0.25) is 5.02 Å². The zero-order chi connectivity index (χ0) is 15.9. The Hall–Kier alpha value is -2.46. The number of rotatable bonds is 5. The number of carbonyl (C=O) groups is 2. The highest BCUT2D eigenvalue weighted by Gasteiger charge is 2.05. The molecule has 1 N–H and O–H groups in total. The average Bonchev–Trinajstić information content (AvgIpc) is 2.52. The Bertz CT molecular complexity index is 630. The molecule has 2 aromatic carbocycles. The molecule has 2 aromatic rings. The molecule has 0 bridgehead atoms. The molecular formula is C17H15ClN2O2. The van der Waals surface area contributed by atoms with Gasteiger partial charge in [-0.3, -0.25) is 9.59 Å². The smallest absolute Gasteiger partial charge is 0.271 e. The van der Waals surface area contributed by atoms with Crippen LogP contribution >= 0.6 is 11.6 Å². The Morgan fingerprint density at radius 3 is 2.27 bits per heavy atom. The molecule has 0 heterocycles. The second-order valence-electron chi connectivity index (χ2n) is 4.75. The Balaban J connectivity index is 1.85. The van der Waals surface area contributed by atoms with E-state index in [1.807, 2.05) is 19.1 Å². The number of Topliss-reactive ketones (excluding diaryl/α,β-unsaturated/α-hetero) is 1. The molecule has 0 saturated heterocycles. The van der Waals surface area contributed by atoms with Gasteiger partial charge in [0.25, 0.3) is 5.91 Å². The summed E-state index contributed by atoms with van der Waals surface area (Å²) in [5, 5.41) is 4.33. The van der Waals surface area contributed by atoms with E-state index in [-0.39, 0.29) is 18.1 Å². The predicted molar refractivity (Wildman–Crippen MR) is 87.5 cm³/mol. The van der Waals surface area contributed by atoms with Crippen molar-refractivity contribution in [3.63, 3.8) is 0 Å². The van der Waals surface area contributed by atoms with Crippen LogP contribution in [0.25, 0.3) is 0 Å². The summed E-state index contributed by atoms with van der Waals surface area (Å²) >= 11 is 5.75. The van der Waals surface area contributed by atoms with Gasteiger partial charge in [0.2, 0.25) is 0 Å². The van der Waals surface area contributed by atoms with E-state index < -0.39 is 0 Å². The number of hydrogen-bond acceptors (Lipinski definition) is 3. The number of hydrazone groups is 1. The number of amides is 1. The molecule has 0 aliphatic rings. The van der Waals surface area contributed by atoms with Gasteiger partial charge in [0.1, 0.15) is 0 Å². The van der Waals surface area contributed by atoms with E-state index in [0.717, 1.165) is 5.56 Å². The van der Waals surface area contributed by atoms with E-state index >= 15 is 0 Å². The highest BCUT2D eigenvalue weighted by atomic mass is 35.5. The van der Waals surface area contributed by atoms with Gasteiger partial charge < -0.3 is 0 Å². The monoisotopic (exact) mass is 314 g/mol. The first-order chi connectivity index (χ1) is 10.6. The van der Waals surface area contributed by atoms with Gasteiger partial charge in [-0.1, -0.05) is 41.4 Å². The van der Waals surface area contributed by atoms with Gasteiger partial charge in [-0.15, -0.1) is 0 Å². The molecule has 0 radical (unpaired) electrons. The minimum atomic E-state index is -0.351. The second kappa shape index (κ2) is 7.52. The number of nitrogens with zero attached hydrogens (tertiary/aromatic N) is 1. The zero-order valence-corrected chi connectivity index (χ0v) is 12.8. The van der Waals surface area contributed by atoms with Gasteiger partial charge >= 0.3 is 0 Å². The fourth-order valence-corrected chi connectivity index (χ4v) is 1.88. The molecule has 0 atom stereocenters. The molecule has 0 aromatic heterocycles. The minimum absolute atomic E-state index is 0.0514. The van der Waals surface area contributed by atoms with Crippen molar-refractivity contribution in [2.75, 3.05) is 0 Å². The molecule has 5 heteroatoms. The van der Waals surface area contributed by atoms with Gasteiger partial charge in [-0.25, -0.2) is 5.43 Å². The van der Waals surface area contributed by atoms with Gasteiger partial charge in [-0.05, 0) is 31.2 Å². The van der Waals surface area contributed by atoms with Gasteiger partial charge in [0.05, 0.1) is 0 Å². The van der Waals surface area contributed by atoms with Crippen molar-refractivity contribution in [2.45, 2.75) is 13.3 Å². The standard InChI is InChI=1S/C17H15ClN2O2/c1-12-2-4-13(5-3-12)16(21)10-11-19-20-17(22)14-6-8-15(18)9-7-14/h2-9,11H,10H2,1H3,(H,20,22)/b19-11-. The molecule has 1 amide bonds. The summed E-state index contributed by atoms with van der Waals surface area (Å²) in [6.07, 6.45) is 1.51. The largest absolute Gasteiger partial charge is 0.294 e. The molecule has 0 unspecified atom stereocenters. The van der Waals surface area contributed by atoms with Crippen molar-refractivity contribution >= 4 is 29.5 Å². The fourth-order valence-electron chi connectivity index (χ4n) is 1.76. The quantitative estimate of drug-likeness (QED) is 0.520. The molecule has 22 heavy (non-hydrogen) atoms. The van der Waals surface area contributed by atoms with Crippen LogP contribution in [0.3, 0.4) is 0 Å². The van der Waals surface area contributed by atoms with E-state index in [1.165, 1.54) is 6.21 Å². The molecule has 0 saturated carbocycles. The summed E-state index contributed by atoms with van der Waals surface area (Å²) < 4.78 is 0. The summed E-state index contributed by atoms with van der Waals surface area (Å²) in [6, 6.07) is 13.8. The lowest BCUT2D eigenvalue weighted by molar-refractivity contribution is 0.0951. The van der Waals surface area contributed by atoms with Crippen molar-refractivity contribution in [1.82, 2.24) is 5.43 Å². The molecule has 2 rings (SSSR count). The van der Waals surface area contributed by atoms with Crippen LogP contribution in [0.5, 0.6) is 0 Å². The molecule has 0 aliphatic heterocycles. The Morgan fingerprint density at radius 2 is 1.64 bits per heavy atom. The molecule has 0 spiro atoms. The van der Waals surface area contributed by atoms with Gasteiger partial charge in [0, 0.05) is 28.8 Å². The van der Waals surface area contributed by atoms with E-state index in [0.29, 0.717) is 16.1 Å². The van der Waals surface area contributed by atoms with E-state index in [4.69, 9.17) is 11.6 Å². The third-order valence-electron chi connectivity index (χ3n) is 3.01. The van der Waals surface area contributed by atoms with Crippen molar-refractivity contribution in [1.29, 1.82) is 0 Å². The van der Waals surface area contributed by atoms with E-state index in [9.17, 15) is 9.59 Å². The second-order valence-corrected chi connectivity index (χ2v) is 5.19. The molecule has 0 aliphatic carbocycles. The van der Waals surface area contributed by atoms with Crippen LogP contribution in [-0.2, 0) is 0 Å². The first-order valence-electron chi connectivity index (χ1n) is 6.73. The third kappa shape index (κ3) is 4.53. The summed E-state index contributed by atoms with van der Waals surface area (Å²) in [4.78, 5) is 23.6. The Kier molecular flexibility index (Phi) is 5.44. The summed E-state index contributed by atoms with van der Waals surface area (Å²) in [5.74, 6) is -0.403. The van der Waals surface area contributed by atoms with Gasteiger partial charge in [0.15, 0.2) is 5.78 Å². The molecular weight excluding hydrogens is 300 g/mol. The summed E-state index contributed by atoms with van der Waals surface area (Å²) in [6.45, 7) is 1.96. The molecule has 112 valence electrons. The number of halogens is 1. The maximum absolute atomic E-state index is 11.9. The maximum Gasteiger partial charge on any atom is 0.271 e. The first kappa shape index (κ1) is 15.9. The van der Waals surface area contributed by atoms with Crippen molar-refractivity contribution in [3.8, 4) is 0 Å². The lowest BCUT2D eigenvalue weighted by Crippen LogP contribution is -2.17. The van der Waals surface area contributed by atoms with Crippen molar-refractivity contribution < 1.29 is 9.59 Å². The molecule has 4 nitrogen and oxygen atoms in total. The highest BCUT2D eigenvalue weighted by molar-refractivity contribution is 6.30. The minimum Gasteiger partial charge on any atom is -0.294 e. The van der Waals surface area contributed by atoms with Crippen molar-refractivity contribution in [3.05, 3.63) is 70.2 Å². The van der Waals surface area contributed by atoms with Gasteiger partial charge in [-0.2, -0.15) is 5.10 Å². The summed E-state index contributed by atoms with van der Waals surface area (Å²) in [7, 11) is 0. The summed E-state index contributed by atoms with van der Waals surface area (Å²) in [5.41, 5.74) is 4.54. The van der Waals surface area contributed by atoms with Crippen LogP contribution in [-0.4, -0.2) is 17.9 Å². The number of carbonyl (C=O) groups excluding carboxylic acids is 2. The number of benzene rings is 2. The van der Waals surface area contributed by atoms with Crippen LogP contribution in [0, 0.1) is 6.92 Å². The van der Waals surface area contributed by atoms with E-state index in [1.54, 1.807) is 36.4 Å². The Labute approximate surface area is 133 Å². The lowest BCUT2D eigenvalue weighted by Gasteiger charge is -2.00. The average molecular weight is 315 g/mol. The fraction of sp³-hybridized carbons (Fsp3) is 0.118. The SMILES string of the molecule is Cc1ccc(C(=O)C/C=N\NC(=O)c2ccc(Cl)cc2)cc1. The van der Waals surface area contributed by atoms with Crippen LogP contribution in [0.15, 0.2) is 53.6 Å². The zero-order valence-electron chi connectivity index (χ0n) is 12.0. The lowest BCUT2D eigenvalue weighted by atomic mass is 10.1. The number of nitrogens with one attached hydrogen (secondary N) is 1.